The second-order valence-electron chi connectivity index (χ2n) is 6.53. The van der Waals surface area contributed by atoms with Gasteiger partial charge in [-0.25, -0.2) is 4.68 Å². The Balaban J connectivity index is 1.69. The molecule has 0 spiro atoms. The molecule has 1 aromatic heterocycles. The summed E-state index contributed by atoms with van der Waals surface area (Å²) in [6.45, 7) is 2.96. The average molecular weight is 423 g/mol. The lowest BCUT2D eigenvalue weighted by atomic mass is 10.1. The number of amides is 1. The van der Waals surface area contributed by atoms with Gasteiger partial charge in [-0.3, -0.25) is 9.59 Å². The van der Waals surface area contributed by atoms with Crippen molar-refractivity contribution in [2.45, 2.75) is 13.5 Å². The third-order valence-corrected chi connectivity index (χ3v) is 4.58. The van der Waals surface area contributed by atoms with E-state index in [1.165, 1.54) is 25.0 Å². The third kappa shape index (κ3) is 5.22. The molecule has 0 saturated carbocycles. The highest BCUT2D eigenvalue weighted by molar-refractivity contribution is 5.97. The first-order chi connectivity index (χ1) is 15.1. The zero-order valence-corrected chi connectivity index (χ0v) is 17.8. The molecule has 2 aromatic carbocycles. The van der Waals surface area contributed by atoms with Crippen LogP contribution in [0.2, 0.25) is 0 Å². The van der Waals surface area contributed by atoms with Crippen LogP contribution in [0.5, 0.6) is 17.2 Å². The van der Waals surface area contributed by atoms with E-state index in [0.717, 1.165) is 11.3 Å². The van der Waals surface area contributed by atoms with E-state index in [4.69, 9.17) is 14.2 Å². The molecule has 0 radical (unpaired) electrons. The minimum absolute atomic E-state index is 0.221. The molecule has 0 aliphatic rings. The maximum absolute atomic E-state index is 12.6. The molecular formula is C23H25N3O5. The predicted molar refractivity (Wildman–Crippen MR) is 117 cm³/mol. The van der Waals surface area contributed by atoms with Crippen molar-refractivity contribution in [2.24, 2.45) is 0 Å². The van der Waals surface area contributed by atoms with Crippen molar-refractivity contribution in [1.82, 2.24) is 15.1 Å². The van der Waals surface area contributed by atoms with Gasteiger partial charge in [0.2, 0.25) is 0 Å². The van der Waals surface area contributed by atoms with E-state index in [0.29, 0.717) is 29.4 Å². The third-order valence-electron chi connectivity index (χ3n) is 4.58. The number of carbonyl (C=O) groups is 1. The Bertz CT molecular complexity index is 1090. The highest BCUT2D eigenvalue weighted by Crippen LogP contribution is 2.30. The van der Waals surface area contributed by atoms with Crippen LogP contribution in [0.15, 0.2) is 59.4 Å². The molecule has 0 atom stereocenters. The van der Waals surface area contributed by atoms with E-state index in [2.05, 4.69) is 10.4 Å². The van der Waals surface area contributed by atoms with Crippen LogP contribution < -0.4 is 25.1 Å². The number of nitrogens with one attached hydrogen (secondary N) is 1. The number of rotatable bonds is 9. The largest absolute Gasteiger partial charge is 0.494 e. The van der Waals surface area contributed by atoms with E-state index in [1.54, 1.807) is 24.3 Å². The molecule has 162 valence electrons. The van der Waals surface area contributed by atoms with Crippen LogP contribution in [-0.4, -0.2) is 43.1 Å². The van der Waals surface area contributed by atoms with Crippen molar-refractivity contribution in [3.8, 4) is 28.5 Å². The predicted octanol–water partition coefficient (Wildman–Crippen LogP) is 2.76. The van der Waals surface area contributed by atoms with Crippen LogP contribution in [0.1, 0.15) is 17.3 Å². The van der Waals surface area contributed by atoms with E-state index in [1.807, 2.05) is 31.2 Å². The number of benzene rings is 2. The first-order valence-corrected chi connectivity index (χ1v) is 9.88. The summed E-state index contributed by atoms with van der Waals surface area (Å²) in [4.78, 5) is 24.8. The summed E-state index contributed by atoms with van der Waals surface area (Å²) in [5, 5.41) is 7.21. The van der Waals surface area contributed by atoms with Crippen LogP contribution in [0, 0.1) is 0 Å². The average Bonchev–Trinajstić information content (AvgIpc) is 2.80. The van der Waals surface area contributed by atoms with Gasteiger partial charge in [-0.2, -0.15) is 5.10 Å². The number of carbonyl (C=O) groups excluding carboxylic acids is 1. The molecule has 1 N–H and O–H groups in total. The van der Waals surface area contributed by atoms with Crippen molar-refractivity contribution < 1.29 is 19.0 Å². The lowest BCUT2D eigenvalue weighted by molar-refractivity contribution is 0.0948. The number of methoxy groups -OCH3 is 2. The SMILES string of the molecule is CCOc1ccc(-c2ccc(=O)n(CCNC(=O)c3cccc(OC)c3OC)n2)cc1. The Morgan fingerprint density at radius 1 is 1.03 bits per heavy atom. The van der Waals surface area contributed by atoms with Crippen LogP contribution in [0.4, 0.5) is 0 Å². The maximum atomic E-state index is 12.6. The Hall–Kier alpha value is -3.81. The number of hydrogen-bond acceptors (Lipinski definition) is 6. The molecule has 0 aliphatic heterocycles. The lowest BCUT2D eigenvalue weighted by Crippen LogP contribution is -2.32. The second-order valence-corrected chi connectivity index (χ2v) is 6.53. The van der Waals surface area contributed by atoms with Crippen LogP contribution in [0.3, 0.4) is 0 Å². The monoisotopic (exact) mass is 423 g/mol. The first-order valence-electron chi connectivity index (χ1n) is 9.88. The Kier molecular flexibility index (Phi) is 7.26. The summed E-state index contributed by atoms with van der Waals surface area (Å²) < 4.78 is 17.3. The normalized spacial score (nSPS) is 10.4. The summed E-state index contributed by atoms with van der Waals surface area (Å²) in [6.07, 6.45) is 0. The van der Waals surface area contributed by atoms with Gasteiger partial charge in [0.15, 0.2) is 11.5 Å². The number of nitrogens with zero attached hydrogens (tertiary/aromatic N) is 2. The molecule has 1 heterocycles. The number of ether oxygens (including phenoxy) is 3. The van der Waals surface area contributed by atoms with E-state index in [9.17, 15) is 9.59 Å². The maximum Gasteiger partial charge on any atom is 0.266 e. The fourth-order valence-corrected chi connectivity index (χ4v) is 3.09. The molecule has 1 amide bonds. The van der Waals surface area contributed by atoms with Crippen LogP contribution in [0.25, 0.3) is 11.3 Å². The highest BCUT2D eigenvalue weighted by Gasteiger charge is 2.16. The van der Waals surface area contributed by atoms with Crippen molar-refractivity contribution >= 4 is 5.91 Å². The van der Waals surface area contributed by atoms with Crippen LogP contribution >= 0.6 is 0 Å². The van der Waals surface area contributed by atoms with Gasteiger partial charge in [0.05, 0.1) is 38.6 Å². The second kappa shape index (κ2) is 10.3. The summed E-state index contributed by atoms with van der Waals surface area (Å²) >= 11 is 0. The zero-order chi connectivity index (χ0) is 22.2. The number of para-hydroxylation sites is 1. The minimum atomic E-state index is -0.327. The van der Waals surface area contributed by atoms with Crippen molar-refractivity contribution in [2.75, 3.05) is 27.4 Å². The summed E-state index contributed by atoms with van der Waals surface area (Å²) in [5.41, 5.74) is 1.62. The highest BCUT2D eigenvalue weighted by atomic mass is 16.5. The molecule has 0 aliphatic carbocycles. The molecule has 8 nitrogen and oxygen atoms in total. The summed E-state index contributed by atoms with van der Waals surface area (Å²) in [5.74, 6) is 1.27. The molecule has 8 heteroatoms. The smallest absolute Gasteiger partial charge is 0.266 e. The van der Waals surface area contributed by atoms with Gasteiger partial charge in [-0.15, -0.1) is 0 Å². The van der Waals surface area contributed by atoms with Gasteiger partial charge in [0, 0.05) is 18.2 Å². The van der Waals surface area contributed by atoms with Crippen molar-refractivity contribution in [3.63, 3.8) is 0 Å². The Labute approximate surface area is 180 Å². The number of hydrogen-bond donors (Lipinski definition) is 1. The molecule has 0 unspecified atom stereocenters. The molecule has 3 aromatic rings. The van der Waals surface area contributed by atoms with Gasteiger partial charge in [-0.1, -0.05) is 6.07 Å². The van der Waals surface area contributed by atoms with E-state index in [-0.39, 0.29) is 24.6 Å². The van der Waals surface area contributed by atoms with Crippen LogP contribution in [-0.2, 0) is 6.54 Å². The molecule has 31 heavy (non-hydrogen) atoms. The van der Waals surface area contributed by atoms with Gasteiger partial charge in [0.25, 0.3) is 11.5 Å². The summed E-state index contributed by atoms with van der Waals surface area (Å²) in [7, 11) is 2.99. The molecule has 0 saturated heterocycles. The molecule has 0 bridgehead atoms. The van der Waals surface area contributed by atoms with E-state index >= 15 is 0 Å². The molecule has 0 fully saturated rings. The minimum Gasteiger partial charge on any atom is -0.494 e. The van der Waals surface area contributed by atoms with Gasteiger partial charge in [0.1, 0.15) is 5.75 Å². The zero-order valence-electron chi connectivity index (χ0n) is 17.8. The van der Waals surface area contributed by atoms with Gasteiger partial charge >= 0.3 is 0 Å². The van der Waals surface area contributed by atoms with E-state index < -0.39 is 0 Å². The van der Waals surface area contributed by atoms with Crippen molar-refractivity contribution in [3.05, 3.63) is 70.5 Å². The Morgan fingerprint density at radius 3 is 2.48 bits per heavy atom. The fraction of sp³-hybridized carbons (Fsp3) is 0.261. The quantitative estimate of drug-likeness (QED) is 0.569. The standard InChI is InChI=1S/C23H25N3O5/c1-4-31-17-10-8-16(9-11-17)19-12-13-21(27)26(25-19)15-14-24-23(28)18-6-5-7-20(29-2)22(18)30-3/h5-13H,4,14-15H2,1-3H3,(H,24,28). The van der Waals surface area contributed by atoms with Crippen molar-refractivity contribution in [1.29, 1.82) is 0 Å². The molecule has 3 rings (SSSR count). The Morgan fingerprint density at radius 2 is 1.81 bits per heavy atom. The molecular weight excluding hydrogens is 398 g/mol. The topological polar surface area (TPSA) is 91.7 Å². The van der Waals surface area contributed by atoms with Gasteiger partial charge in [-0.05, 0) is 49.4 Å². The lowest BCUT2D eigenvalue weighted by Gasteiger charge is -2.13. The number of aromatic nitrogens is 2. The first kappa shape index (κ1) is 21.9. The van der Waals surface area contributed by atoms with Gasteiger partial charge < -0.3 is 19.5 Å². The summed E-state index contributed by atoms with van der Waals surface area (Å²) in [6, 6.07) is 15.7. The fourth-order valence-electron chi connectivity index (χ4n) is 3.09.